The first-order valence-electron chi connectivity index (χ1n) is 12.9. The molecule has 1 aliphatic rings. The molecule has 5 aromatic rings. The second-order valence-electron chi connectivity index (χ2n) is 9.71. The summed E-state index contributed by atoms with van der Waals surface area (Å²) in [5.41, 5.74) is 5.36. The standard InChI is InChI=1S/C31H26ClN5O3S/c1-40-29-14-7-6-13-24(29)28-19-27(21-11-8-12-23(17-21)36-41(2,38)39)35-37(28)31-33-26-16-15-22(32)18-25(26)30(34-31)20-9-4-3-5-10-20/h3-18,28,36H,19H2,1-2H3. The fourth-order valence-corrected chi connectivity index (χ4v) is 5.76. The molecule has 1 N–H and O–H groups in total. The Hall–Kier alpha value is -4.47. The second-order valence-corrected chi connectivity index (χ2v) is 11.9. The van der Waals surface area contributed by atoms with E-state index < -0.39 is 10.0 Å². The van der Waals surface area contributed by atoms with Crippen LogP contribution in [0.25, 0.3) is 22.2 Å². The van der Waals surface area contributed by atoms with Crippen LogP contribution in [0.4, 0.5) is 11.6 Å². The van der Waals surface area contributed by atoms with Gasteiger partial charge in [0.05, 0.1) is 36.3 Å². The van der Waals surface area contributed by atoms with Crippen LogP contribution in [0, 0.1) is 0 Å². The highest BCUT2D eigenvalue weighted by atomic mass is 35.5. The molecule has 0 fully saturated rings. The average molecular weight is 584 g/mol. The van der Waals surface area contributed by atoms with E-state index in [0.29, 0.717) is 23.1 Å². The fourth-order valence-electron chi connectivity index (χ4n) is 5.04. The normalized spacial score (nSPS) is 15.1. The summed E-state index contributed by atoms with van der Waals surface area (Å²) in [5, 5.41) is 8.28. The number of sulfonamides is 1. The van der Waals surface area contributed by atoms with Crippen molar-refractivity contribution < 1.29 is 13.2 Å². The number of fused-ring (bicyclic) bond motifs is 1. The van der Waals surface area contributed by atoms with E-state index in [4.69, 9.17) is 31.4 Å². The Balaban J connectivity index is 1.53. The van der Waals surface area contributed by atoms with Crippen molar-refractivity contribution >= 4 is 49.9 Å². The molecule has 8 nitrogen and oxygen atoms in total. The molecule has 41 heavy (non-hydrogen) atoms. The molecular formula is C31H26ClN5O3S. The van der Waals surface area contributed by atoms with E-state index in [-0.39, 0.29) is 6.04 Å². The number of rotatable bonds is 7. The number of hydrazone groups is 1. The molecular weight excluding hydrogens is 558 g/mol. The van der Waals surface area contributed by atoms with Crippen molar-refractivity contribution in [3.05, 3.63) is 113 Å². The fraction of sp³-hybridized carbons (Fsp3) is 0.129. The highest BCUT2D eigenvalue weighted by Gasteiger charge is 2.34. The number of aromatic nitrogens is 2. The molecule has 0 saturated heterocycles. The number of hydrogen-bond acceptors (Lipinski definition) is 7. The van der Waals surface area contributed by atoms with Gasteiger partial charge in [0.2, 0.25) is 16.0 Å². The molecule has 2 heterocycles. The second kappa shape index (κ2) is 10.8. The molecule has 0 aliphatic carbocycles. The highest BCUT2D eigenvalue weighted by Crippen LogP contribution is 2.41. The Morgan fingerprint density at radius 3 is 2.44 bits per heavy atom. The number of para-hydroxylation sites is 1. The number of methoxy groups -OCH3 is 1. The van der Waals surface area contributed by atoms with E-state index in [2.05, 4.69) is 4.72 Å². The smallest absolute Gasteiger partial charge is 0.247 e. The molecule has 0 radical (unpaired) electrons. The van der Waals surface area contributed by atoms with Crippen LogP contribution in [0.2, 0.25) is 5.02 Å². The monoisotopic (exact) mass is 583 g/mol. The van der Waals surface area contributed by atoms with Crippen molar-refractivity contribution in [2.24, 2.45) is 5.10 Å². The largest absolute Gasteiger partial charge is 0.496 e. The van der Waals surface area contributed by atoms with Crippen LogP contribution in [0.1, 0.15) is 23.6 Å². The van der Waals surface area contributed by atoms with Crippen LogP contribution in [0.3, 0.4) is 0 Å². The first-order chi connectivity index (χ1) is 19.8. The van der Waals surface area contributed by atoms with E-state index in [0.717, 1.165) is 51.0 Å². The van der Waals surface area contributed by atoms with Gasteiger partial charge in [0, 0.05) is 33.6 Å². The maximum Gasteiger partial charge on any atom is 0.247 e. The molecule has 1 unspecified atom stereocenters. The number of ether oxygens (including phenoxy) is 1. The SMILES string of the molecule is COc1ccccc1C1CC(c2cccc(NS(C)(=O)=O)c2)=NN1c1nc(-c2ccccc2)c2cc(Cl)ccc2n1. The molecule has 0 saturated carbocycles. The van der Waals surface area contributed by atoms with Crippen molar-refractivity contribution in [2.75, 3.05) is 23.1 Å². The summed E-state index contributed by atoms with van der Waals surface area (Å²) in [4.78, 5) is 9.96. The lowest BCUT2D eigenvalue weighted by atomic mass is 9.97. The molecule has 0 amide bonds. The zero-order valence-corrected chi connectivity index (χ0v) is 23.9. The minimum Gasteiger partial charge on any atom is -0.496 e. The van der Waals surface area contributed by atoms with Crippen LogP contribution in [-0.2, 0) is 10.0 Å². The minimum absolute atomic E-state index is 0.277. The van der Waals surface area contributed by atoms with Gasteiger partial charge in [-0.15, -0.1) is 0 Å². The van der Waals surface area contributed by atoms with Crippen LogP contribution in [0.15, 0.2) is 102 Å². The lowest BCUT2D eigenvalue weighted by molar-refractivity contribution is 0.405. The predicted molar refractivity (Wildman–Crippen MR) is 164 cm³/mol. The molecule has 10 heteroatoms. The molecule has 4 aromatic carbocycles. The van der Waals surface area contributed by atoms with Crippen molar-refractivity contribution in [2.45, 2.75) is 12.5 Å². The van der Waals surface area contributed by atoms with E-state index in [1.54, 1.807) is 25.3 Å². The predicted octanol–water partition coefficient (Wildman–Crippen LogP) is 6.69. The van der Waals surface area contributed by atoms with Gasteiger partial charge < -0.3 is 4.74 Å². The Morgan fingerprint density at radius 1 is 0.902 bits per heavy atom. The number of benzene rings is 4. The molecule has 6 rings (SSSR count). The number of hydrogen-bond donors (Lipinski definition) is 1. The third kappa shape index (κ3) is 5.59. The first-order valence-corrected chi connectivity index (χ1v) is 15.2. The van der Waals surface area contributed by atoms with Gasteiger partial charge in [0.25, 0.3) is 0 Å². The van der Waals surface area contributed by atoms with Crippen molar-refractivity contribution in [3.63, 3.8) is 0 Å². The maximum atomic E-state index is 11.9. The molecule has 0 bridgehead atoms. The lowest BCUT2D eigenvalue weighted by Crippen LogP contribution is -2.21. The zero-order valence-electron chi connectivity index (χ0n) is 22.3. The minimum atomic E-state index is -3.44. The van der Waals surface area contributed by atoms with Crippen LogP contribution < -0.4 is 14.5 Å². The number of nitrogens with zero attached hydrogens (tertiary/aromatic N) is 4. The van der Waals surface area contributed by atoms with E-state index in [1.807, 2.05) is 83.9 Å². The first kappa shape index (κ1) is 26.7. The molecule has 1 aliphatic heterocycles. The van der Waals surface area contributed by atoms with Gasteiger partial charge in [-0.25, -0.2) is 23.4 Å². The molecule has 1 atom stereocenters. The van der Waals surface area contributed by atoms with Crippen molar-refractivity contribution in [1.29, 1.82) is 0 Å². The van der Waals surface area contributed by atoms with E-state index in [9.17, 15) is 8.42 Å². The molecule has 0 spiro atoms. The number of nitrogens with one attached hydrogen (secondary N) is 1. The van der Waals surface area contributed by atoms with Gasteiger partial charge in [0.1, 0.15) is 5.75 Å². The van der Waals surface area contributed by atoms with Gasteiger partial charge in [-0.05, 0) is 42.0 Å². The Labute approximate surface area is 243 Å². The summed E-state index contributed by atoms with van der Waals surface area (Å²) in [6.45, 7) is 0. The van der Waals surface area contributed by atoms with E-state index >= 15 is 0 Å². The molecule has 1 aromatic heterocycles. The highest BCUT2D eigenvalue weighted by molar-refractivity contribution is 7.92. The lowest BCUT2D eigenvalue weighted by Gasteiger charge is -2.24. The third-order valence-electron chi connectivity index (χ3n) is 6.81. The average Bonchev–Trinajstić information content (AvgIpc) is 3.42. The number of halogens is 1. The van der Waals surface area contributed by atoms with Crippen LogP contribution in [0.5, 0.6) is 5.75 Å². The zero-order chi connectivity index (χ0) is 28.6. The summed E-state index contributed by atoms with van der Waals surface area (Å²) >= 11 is 6.38. The molecule has 206 valence electrons. The summed E-state index contributed by atoms with van der Waals surface area (Å²) in [6.07, 6.45) is 1.64. The Kier molecular flexibility index (Phi) is 7.07. The maximum absolute atomic E-state index is 11.9. The van der Waals surface area contributed by atoms with Gasteiger partial charge in [-0.1, -0.05) is 72.3 Å². The van der Waals surface area contributed by atoms with Gasteiger partial charge in [-0.3, -0.25) is 4.72 Å². The van der Waals surface area contributed by atoms with Crippen molar-refractivity contribution in [1.82, 2.24) is 9.97 Å². The Bertz CT molecular complexity index is 1900. The summed E-state index contributed by atoms with van der Waals surface area (Å²) in [7, 11) is -1.79. The van der Waals surface area contributed by atoms with Gasteiger partial charge in [-0.2, -0.15) is 5.10 Å². The van der Waals surface area contributed by atoms with Gasteiger partial charge >= 0.3 is 0 Å². The van der Waals surface area contributed by atoms with Gasteiger partial charge in [0.15, 0.2) is 0 Å². The topological polar surface area (TPSA) is 96.8 Å². The summed E-state index contributed by atoms with van der Waals surface area (Å²) in [5.74, 6) is 1.15. The van der Waals surface area contributed by atoms with Crippen molar-refractivity contribution in [3.8, 4) is 17.0 Å². The summed E-state index contributed by atoms with van der Waals surface area (Å²) in [6, 6.07) is 30.2. The van der Waals surface area contributed by atoms with Crippen LogP contribution in [-0.4, -0.2) is 37.5 Å². The number of anilines is 2. The quantitative estimate of drug-likeness (QED) is 0.229. The van der Waals surface area contributed by atoms with Crippen LogP contribution >= 0.6 is 11.6 Å². The summed E-state index contributed by atoms with van der Waals surface area (Å²) < 4.78 is 32.0. The van der Waals surface area contributed by atoms with E-state index in [1.165, 1.54) is 0 Å². The Morgan fingerprint density at radius 2 is 1.66 bits per heavy atom. The third-order valence-corrected chi connectivity index (χ3v) is 7.65.